The van der Waals surface area contributed by atoms with E-state index in [0.717, 1.165) is 33.4 Å². The number of thioether (sulfide) groups is 1. The Labute approximate surface area is 169 Å². The highest BCUT2D eigenvalue weighted by atomic mass is 32.2. The zero-order valence-electron chi connectivity index (χ0n) is 16.5. The Balaban J connectivity index is 1.64. The van der Waals surface area contributed by atoms with Gasteiger partial charge in [-0.05, 0) is 18.6 Å². The molecule has 0 atom stereocenters. The summed E-state index contributed by atoms with van der Waals surface area (Å²) in [7, 11) is 5.36. The van der Waals surface area contributed by atoms with E-state index in [-0.39, 0.29) is 5.91 Å². The number of rotatable bonds is 7. The molecule has 0 aliphatic heterocycles. The van der Waals surface area contributed by atoms with Gasteiger partial charge in [0.05, 0.1) is 12.9 Å². The molecular weight excluding hydrogens is 372 g/mol. The molecule has 0 spiro atoms. The third-order valence-corrected chi connectivity index (χ3v) is 5.58. The predicted octanol–water partition coefficient (Wildman–Crippen LogP) is 3.55. The van der Waals surface area contributed by atoms with Crippen molar-refractivity contribution in [2.75, 3.05) is 19.9 Å². The zero-order valence-corrected chi connectivity index (χ0v) is 17.4. The van der Waals surface area contributed by atoms with E-state index in [0.29, 0.717) is 12.3 Å². The van der Waals surface area contributed by atoms with Crippen LogP contribution in [-0.4, -0.2) is 45.5 Å². The molecule has 0 radical (unpaired) electrons. The molecule has 0 saturated carbocycles. The number of amides is 1. The molecule has 3 rings (SSSR count). The van der Waals surface area contributed by atoms with Crippen molar-refractivity contribution in [3.63, 3.8) is 0 Å². The first-order valence-corrected chi connectivity index (χ1v) is 9.94. The minimum Gasteiger partial charge on any atom is -0.496 e. The quantitative estimate of drug-likeness (QED) is 0.572. The smallest absolute Gasteiger partial charge is 0.233 e. The number of methoxy groups -OCH3 is 1. The molecule has 3 aromatic rings. The first-order valence-electron chi connectivity index (χ1n) is 8.95. The third-order valence-electron chi connectivity index (χ3n) is 4.57. The van der Waals surface area contributed by atoms with Crippen LogP contribution in [0.25, 0.3) is 11.4 Å². The van der Waals surface area contributed by atoms with E-state index in [1.54, 1.807) is 19.1 Å². The van der Waals surface area contributed by atoms with Crippen molar-refractivity contribution in [1.29, 1.82) is 0 Å². The summed E-state index contributed by atoms with van der Waals surface area (Å²) in [4.78, 5) is 14.3. The van der Waals surface area contributed by atoms with Gasteiger partial charge in [0.1, 0.15) is 5.75 Å². The standard InChI is InChI=1S/C21H24N4O2S/c1-15-9-5-7-11-17(15)20-22-23-21(25(20)3)28-14-19(26)24(2)13-16-10-6-8-12-18(16)27-4/h5-12H,13-14H2,1-4H3. The molecule has 0 N–H and O–H groups in total. The number of carbonyl (C=O) groups excluding carboxylic acids is 1. The Bertz CT molecular complexity index is 971. The van der Waals surface area contributed by atoms with E-state index in [2.05, 4.69) is 10.2 Å². The van der Waals surface area contributed by atoms with Crippen LogP contribution in [0.1, 0.15) is 11.1 Å². The van der Waals surface area contributed by atoms with Crippen molar-refractivity contribution in [2.24, 2.45) is 7.05 Å². The molecule has 28 heavy (non-hydrogen) atoms. The van der Waals surface area contributed by atoms with Crippen LogP contribution in [-0.2, 0) is 18.4 Å². The van der Waals surface area contributed by atoms with Crippen LogP contribution in [0.2, 0.25) is 0 Å². The lowest BCUT2D eigenvalue weighted by atomic mass is 10.1. The monoisotopic (exact) mass is 396 g/mol. The molecule has 7 heteroatoms. The van der Waals surface area contributed by atoms with Crippen molar-refractivity contribution in [2.45, 2.75) is 18.6 Å². The lowest BCUT2D eigenvalue weighted by Gasteiger charge is -2.18. The first-order chi connectivity index (χ1) is 13.5. The maximum absolute atomic E-state index is 12.6. The average molecular weight is 397 g/mol. The van der Waals surface area contributed by atoms with Crippen LogP contribution in [0.5, 0.6) is 5.75 Å². The summed E-state index contributed by atoms with van der Waals surface area (Å²) in [6.45, 7) is 2.55. The summed E-state index contributed by atoms with van der Waals surface area (Å²) in [5.74, 6) is 1.91. The first kappa shape index (κ1) is 19.9. The molecule has 1 heterocycles. The SMILES string of the molecule is COc1ccccc1CN(C)C(=O)CSc1nnc(-c2ccccc2C)n1C. The predicted molar refractivity (Wildman–Crippen MR) is 111 cm³/mol. The lowest BCUT2D eigenvalue weighted by Crippen LogP contribution is -2.28. The van der Waals surface area contributed by atoms with Gasteiger partial charge in [-0.15, -0.1) is 10.2 Å². The molecule has 0 bridgehead atoms. The summed E-state index contributed by atoms with van der Waals surface area (Å²) in [5, 5.41) is 9.29. The van der Waals surface area contributed by atoms with Gasteiger partial charge >= 0.3 is 0 Å². The van der Waals surface area contributed by atoms with E-state index in [9.17, 15) is 4.79 Å². The van der Waals surface area contributed by atoms with Gasteiger partial charge in [-0.25, -0.2) is 0 Å². The van der Waals surface area contributed by atoms with E-state index in [4.69, 9.17) is 4.74 Å². The van der Waals surface area contributed by atoms with E-state index in [1.807, 2.05) is 67.1 Å². The van der Waals surface area contributed by atoms with Gasteiger partial charge in [0, 0.05) is 31.8 Å². The van der Waals surface area contributed by atoms with Crippen molar-refractivity contribution in [3.8, 4) is 17.1 Å². The number of nitrogens with zero attached hydrogens (tertiary/aromatic N) is 4. The van der Waals surface area contributed by atoms with E-state index < -0.39 is 0 Å². The van der Waals surface area contributed by atoms with Crippen molar-refractivity contribution in [3.05, 3.63) is 59.7 Å². The van der Waals surface area contributed by atoms with Gasteiger partial charge in [0.25, 0.3) is 0 Å². The van der Waals surface area contributed by atoms with Crippen LogP contribution < -0.4 is 4.74 Å². The number of carbonyl (C=O) groups is 1. The van der Waals surface area contributed by atoms with E-state index >= 15 is 0 Å². The largest absolute Gasteiger partial charge is 0.496 e. The Morgan fingerprint density at radius 2 is 1.86 bits per heavy atom. The molecule has 0 fully saturated rings. The number of aryl methyl sites for hydroxylation is 1. The molecule has 0 unspecified atom stereocenters. The number of aromatic nitrogens is 3. The van der Waals surface area contributed by atoms with Crippen molar-refractivity contribution in [1.82, 2.24) is 19.7 Å². The second-order valence-electron chi connectivity index (χ2n) is 6.53. The second-order valence-corrected chi connectivity index (χ2v) is 7.47. The molecule has 0 aliphatic rings. The normalized spacial score (nSPS) is 10.7. The van der Waals surface area contributed by atoms with Gasteiger partial charge in [-0.3, -0.25) is 4.79 Å². The maximum atomic E-state index is 12.6. The van der Waals surface area contributed by atoms with Gasteiger partial charge in [-0.1, -0.05) is 54.2 Å². The van der Waals surface area contributed by atoms with E-state index in [1.165, 1.54) is 11.8 Å². The lowest BCUT2D eigenvalue weighted by molar-refractivity contribution is -0.127. The molecule has 6 nitrogen and oxygen atoms in total. The zero-order chi connectivity index (χ0) is 20.1. The summed E-state index contributed by atoms with van der Waals surface area (Å²) >= 11 is 1.39. The fourth-order valence-electron chi connectivity index (χ4n) is 2.91. The van der Waals surface area contributed by atoms with Gasteiger partial charge in [0.15, 0.2) is 11.0 Å². The van der Waals surface area contributed by atoms with Crippen molar-refractivity contribution >= 4 is 17.7 Å². The Morgan fingerprint density at radius 1 is 1.14 bits per heavy atom. The Kier molecular flexibility index (Phi) is 6.36. The number of ether oxygens (including phenoxy) is 1. The molecule has 1 amide bonds. The number of hydrogen-bond donors (Lipinski definition) is 0. The minimum absolute atomic E-state index is 0.0244. The molecule has 2 aromatic carbocycles. The number of para-hydroxylation sites is 1. The summed E-state index contributed by atoms with van der Waals surface area (Å²) in [6, 6.07) is 15.8. The number of hydrogen-bond acceptors (Lipinski definition) is 5. The van der Waals surface area contributed by atoms with Gasteiger partial charge < -0.3 is 14.2 Å². The molecule has 0 aliphatic carbocycles. The van der Waals surface area contributed by atoms with Crippen LogP contribution >= 0.6 is 11.8 Å². The highest BCUT2D eigenvalue weighted by Crippen LogP contribution is 2.25. The fraction of sp³-hybridized carbons (Fsp3) is 0.286. The number of benzene rings is 2. The van der Waals surface area contributed by atoms with Crippen LogP contribution in [0.3, 0.4) is 0 Å². The van der Waals surface area contributed by atoms with Gasteiger partial charge in [0.2, 0.25) is 5.91 Å². The molecular formula is C21H24N4O2S. The van der Waals surface area contributed by atoms with Gasteiger partial charge in [-0.2, -0.15) is 0 Å². The van der Waals surface area contributed by atoms with Crippen LogP contribution in [0.15, 0.2) is 53.7 Å². The highest BCUT2D eigenvalue weighted by Gasteiger charge is 2.16. The maximum Gasteiger partial charge on any atom is 0.233 e. The van der Waals surface area contributed by atoms with Crippen LogP contribution in [0.4, 0.5) is 0 Å². The topological polar surface area (TPSA) is 60.2 Å². The molecule has 1 aromatic heterocycles. The summed E-state index contributed by atoms with van der Waals surface area (Å²) in [5.41, 5.74) is 3.16. The summed E-state index contributed by atoms with van der Waals surface area (Å²) < 4.78 is 7.29. The molecule has 0 saturated heterocycles. The minimum atomic E-state index is 0.0244. The third kappa shape index (κ3) is 4.36. The average Bonchev–Trinajstić information content (AvgIpc) is 3.07. The Morgan fingerprint density at radius 3 is 2.61 bits per heavy atom. The molecule has 146 valence electrons. The summed E-state index contributed by atoms with van der Waals surface area (Å²) in [6.07, 6.45) is 0. The van der Waals surface area contributed by atoms with Crippen molar-refractivity contribution < 1.29 is 9.53 Å². The fourth-order valence-corrected chi connectivity index (χ4v) is 3.76. The van der Waals surface area contributed by atoms with Crippen LogP contribution in [0, 0.1) is 6.92 Å². The Hall–Kier alpha value is -2.80. The second kappa shape index (κ2) is 8.93. The highest BCUT2D eigenvalue weighted by molar-refractivity contribution is 7.99.